The number of fused-ring (bicyclic) bond motifs is 1. The highest BCUT2D eigenvalue weighted by molar-refractivity contribution is 7.71. The van der Waals surface area contributed by atoms with Crippen LogP contribution in [0, 0.1) is 18.6 Å². The Kier molecular flexibility index (Phi) is 3.08. The van der Waals surface area contributed by atoms with E-state index in [1.165, 1.54) is 0 Å². The first kappa shape index (κ1) is 12.6. The standard InChI is InChI=1S/C11H13N3O3S/c1-4-17-10(16)7-5(2)8-9(15)12-13-11(18)14(8)6(7)3/h4H2,1-3H3,(H,12,15)(H,13,18). The van der Waals surface area contributed by atoms with Gasteiger partial charge in [0.05, 0.1) is 12.2 Å². The minimum absolute atomic E-state index is 0.285. The molecule has 0 aliphatic heterocycles. The van der Waals surface area contributed by atoms with Crippen molar-refractivity contribution < 1.29 is 9.53 Å². The van der Waals surface area contributed by atoms with Gasteiger partial charge in [-0.15, -0.1) is 0 Å². The SMILES string of the molecule is CCOC(=O)c1c(C)c2c(=O)[nH][nH]c(=S)n2c1C. The third kappa shape index (κ3) is 1.67. The summed E-state index contributed by atoms with van der Waals surface area (Å²) < 4.78 is 6.88. The third-order valence-electron chi connectivity index (χ3n) is 2.83. The summed E-state index contributed by atoms with van der Waals surface area (Å²) in [7, 11) is 0. The number of aromatic nitrogens is 3. The summed E-state index contributed by atoms with van der Waals surface area (Å²) >= 11 is 5.11. The fraction of sp³-hybridized carbons (Fsp3) is 0.364. The maximum Gasteiger partial charge on any atom is 0.340 e. The van der Waals surface area contributed by atoms with E-state index in [0.717, 1.165) is 0 Å². The van der Waals surface area contributed by atoms with E-state index in [-0.39, 0.29) is 12.2 Å². The number of aryl methyl sites for hydroxylation is 2. The molecule has 2 rings (SSSR count). The maximum atomic E-state index is 11.9. The lowest BCUT2D eigenvalue weighted by atomic mass is 10.1. The fourth-order valence-corrected chi connectivity index (χ4v) is 2.37. The van der Waals surface area contributed by atoms with Crippen LogP contribution in [0.1, 0.15) is 28.5 Å². The third-order valence-corrected chi connectivity index (χ3v) is 3.12. The number of nitrogens with one attached hydrogen (secondary N) is 2. The molecule has 2 aromatic rings. The minimum atomic E-state index is -0.440. The topological polar surface area (TPSA) is 79.4 Å². The zero-order valence-electron chi connectivity index (χ0n) is 10.3. The number of ether oxygens (including phenoxy) is 1. The van der Waals surface area contributed by atoms with Crippen molar-refractivity contribution in [3.05, 3.63) is 31.9 Å². The molecule has 0 bridgehead atoms. The molecule has 0 atom stereocenters. The van der Waals surface area contributed by atoms with Gasteiger partial charge in [-0.3, -0.25) is 19.4 Å². The molecule has 0 aliphatic rings. The van der Waals surface area contributed by atoms with Gasteiger partial charge in [0, 0.05) is 5.69 Å². The molecular formula is C11H13N3O3S. The Labute approximate surface area is 108 Å². The van der Waals surface area contributed by atoms with Crippen molar-refractivity contribution in [1.82, 2.24) is 14.6 Å². The summed E-state index contributed by atoms with van der Waals surface area (Å²) in [5.74, 6) is -0.440. The van der Waals surface area contributed by atoms with Gasteiger partial charge in [0.2, 0.25) is 0 Å². The summed E-state index contributed by atoms with van der Waals surface area (Å²) in [4.78, 5) is 23.7. The molecule has 96 valence electrons. The maximum absolute atomic E-state index is 11.9. The van der Waals surface area contributed by atoms with Crippen LogP contribution in [-0.2, 0) is 4.74 Å². The van der Waals surface area contributed by atoms with Crippen molar-refractivity contribution in [2.24, 2.45) is 0 Å². The van der Waals surface area contributed by atoms with Crippen LogP contribution in [0.5, 0.6) is 0 Å². The number of nitrogens with zero attached hydrogens (tertiary/aromatic N) is 1. The van der Waals surface area contributed by atoms with E-state index < -0.39 is 5.97 Å². The monoisotopic (exact) mass is 267 g/mol. The molecule has 0 saturated heterocycles. The van der Waals surface area contributed by atoms with E-state index in [1.807, 2.05) is 0 Å². The first-order valence-electron chi connectivity index (χ1n) is 5.48. The number of carbonyl (C=O) groups excluding carboxylic acids is 1. The number of aromatic amines is 2. The number of esters is 1. The van der Waals surface area contributed by atoms with Crippen LogP contribution >= 0.6 is 12.2 Å². The Morgan fingerprint density at radius 3 is 2.61 bits per heavy atom. The Balaban J connectivity index is 2.90. The van der Waals surface area contributed by atoms with Crippen molar-refractivity contribution in [2.75, 3.05) is 6.61 Å². The van der Waals surface area contributed by atoms with Crippen LogP contribution in [0.4, 0.5) is 0 Å². The molecule has 0 unspecified atom stereocenters. The first-order valence-corrected chi connectivity index (χ1v) is 5.89. The highest BCUT2D eigenvalue weighted by atomic mass is 32.1. The van der Waals surface area contributed by atoms with Crippen molar-refractivity contribution >= 4 is 23.7 Å². The van der Waals surface area contributed by atoms with E-state index in [4.69, 9.17) is 17.0 Å². The molecule has 0 fully saturated rings. The molecule has 0 amide bonds. The van der Waals surface area contributed by atoms with Crippen molar-refractivity contribution in [3.63, 3.8) is 0 Å². The van der Waals surface area contributed by atoms with Gasteiger partial charge in [-0.1, -0.05) is 0 Å². The predicted octanol–water partition coefficient (Wildman–Crippen LogP) is 1.48. The van der Waals surface area contributed by atoms with Gasteiger partial charge < -0.3 is 4.74 Å². The molecule has 0 spiro atoms. The Hall–Kier alpha value is -1.89. The highest BCUT2D eigenvalue weighted by Crippen LogP contribution is 2.20. The van der Waals surface area contributed by atoms with Crippen LogP contribution in [0.15, 0.2) is 4.79 Å². The Bertz CT molecular complexity index is 685. The molecule has 6 nitrogen and oxygen atoms in total. The Morgan fingerprint density at radius 2 is 2.06 bits per heavy atom. The minimum Gasteiger partial charge on any atom is -0.462 e. The first-order chi connectivity index (χ1) is 8.49. The quantitative estimate of drug-likeness (QED) is 0.638. The van der Waals surface area contributed by atoms with Gasteiger partial charge in [-0.25, -0.2) is 4.79 Å². The molecule has 2 heterocycles. The Morgan fingerprint density at radius 1 is 1.39 bits per heavy atom. The normalized spacial score (nSPS) is 10.8. The van der Waals surface area contributed by atoms with Gasteiger partial charge in [0.1, 0.15) is 5.52 Å². The van der Waals surface area contributed by atoms with Crippen molar-refractivity contribution in [1.29, 1.82) is 0 Å². The van der Waals surface area contributed by atoms with Crippen molar-refractivity contribution in [3.8, 4) is 0 Å². The molecular weight excluding hydrogens is 254 g/mol. The summed E-state index contributed by atoms with van der Waals surface area (Å²) in [6.07, 6.45) is 0. The zero-order chi connectivity index (χ0) is 13.4. The lowest BCUT2D eigenvalue weighted by Gasteiger charge is -2.01. The molecule has 7 heteroatoms. The summed E-state index contributed by atoms with van der Waals surface area (Å²) in [5, 5.41) is 5.02. The molecule has 18 heavy (non-hydrogen) atoms. The van der Waals surface area contributed by atoms with Gasteiger partial charge in [-0.05, 0) is 38.6 Å². The average molecular weight is 267 g/mol. The summed E-state index contributed by atoms with van der Waals surface area (Å²) in [6, 6.07) is 0. The number of hydrogen-bond donors (Lipinski definition) is 2. The molecule has 0 aromatic carbocycles. The lowest BCUT2D eigenvalue weighted by Crippen LogP contribution is -2.13. The van der Waals surface area contributed by atoms with Gasteiger partial charge >= 0.3 is 5.97 Å². The van der Waals surface area contributed by atoms with Crippen LogP contribution < -0.4 is 5.56 Å². The van der Waals surface area contributed by atoms with Gasteiger partial charge in [-0.2, -0.15) is 0 Å². The molecule has 0 radical (unpaired) electrons. The van der Waals surface area contributed by atoms with E-state index in [2.05, 4.69) is 10.2 Å². The lowest BCUT2D eigenvalue weighted by molar-refractivity contribution is 0.0525. The second-order valence-corrected chi connectivity index (χ2v) is 4.26. The molecule has 0 aliphatic carbocycles. The van der Waals surface area contributed by atoms with Crippen molar-refractivity contribution in [2.45, 2.75) is 20.8 Å². The highest BCUT2D eigenvalue weighted by Gasteiger charge is 2.22. The summed E-state index contributed by atoms with van der Waals surface area (Å²) in [6.45, 7) is 5.46. The van der Waals surface area contributed by atoms with Gasteiger partial charge in [0.15, 0.2) is 4.77 Å². The van der Waals surface area contributed by atoms with E-state index in [1.54, 1.807) is 25.2 Å². The number of H-pyrrole nitrogens is 2. The molecule has 2 aromatic heterocycles. The van der Waals surface area contributed by atoms with Crippen LogP contribution in [-0.4, -0.2) is 27.2 Å². The smallest absolute Gasteiger partial charge is 0.340 e. The number of hydrogen-bond acceptors (Lipinski definition) is 4. The largest absolute Gasteiger partial charge is 0.462 e. The van der Waals surface area contributed by atoms with Crippen LogP contribution in [0.2, 0.25) is 0 Å². The molecule has 2 N–H and O–H groups in total. The van der Waals surface area contributed by atoms with E-state index in [9.17, 15) is 9.59 Å². The van der Waals surface area contributed by atoms with Crippen LogP contribution in [0.3, 0.4) is 0 Å². The van der Waals surface area contributed by atoms with E-state index in [0.29, 0.717) is 27.1 Å². The average Bonchev–Trinajstić information content (AvgIpc) is 2.58. The van der Waals surface area contributed by atoms with Crippen LogP contribution in [0.25, 0.3) is 5.52 Å². The second kappa shape index (κ2) is 4.41. The van der Waals surface area contributed by atoms with E-state index >= 15 is 0 Å². The second-order valence-electron chi connectivity index (χ2n) is 3.87. The zero-order valence-corrected chi connectivity index (χ0v) is 11.1. The summed E-state index contributed by atoms with van der Waals surface area (Å²) in [5.41, 5.74) is 1.63. The number of carbonyl (C=O) groups is 1. The number of rotatable bonds is 2. The predicted molar refractivity (Wildman–Crippen MR) is 68.6 cm³/mol. The molecule has 0 saturated carbocycles. The van der Waals surface area contributed by atoms with Gasteiger partial charge in [0.25, 0.3) is 5.56 Å². The fourth-order valence-electron chi connectivity index (χ4n) is 2.09.